The number of carboxylic acid groups (broad SMARTS) is 1. The lowest BCUT2D eigenvalue weighted by Crippen LogP contribution is -2.39. The van der Waals surface area contributed by atoms with E-state index in [-0.39, 0.29) is 17.6 Å². The number of aromatic nitrogens is 2. The lowest BCUT2D eigenvalue weighted by atomic mass is 10.1. The third kappa shape index (κ3) is 3.37. The van der Waals surface area contributed by atoms with Crippen molar-refractivity contribution in [2.45, 2.75) is 32.4 Å². The summed E-state index contributed by atoms with van der Waals surface area (Å²) in [7, 11) is 0. The third-order valence-electron chi connectivity index (χ3n) is 3.99. The number of nitrogens with one attached hydrogen (secondary N) is 1. The van der Waals surface area contributed by atoms with Gasteiger partial charge in [-0.15, -0.1) is 0 Å². The number of likely N-dealkylation sites (tertiary alicyclic amines) is 1. The van der Waals surface area contributed by atoms with Crippen LogP contribution in [0.1, 0.15) is 46.5 Å². The highest BCUT2D eigenvalue weighted by atomic mass is 16.5. The Bertz CT molecular complexity index is 741. The number of nitrogens with zero attached hydrogens (tertiary/aromatic N) is 3. The molecule has 8 nitrogen and oxygen atoms in total. The summed E-state index contributed by atoms with van der Waals surface area (Å²) >= 11 is 0. The molecule has 0 bridgehead atoms. The third-order valence-corrected chi connectivity index (χ3v) is 3.99. The van der Waals surface area contributed by atoms with Crippen LogP contribution in [0, 0.1) is 6.92 Å². The molecule has 0 spiro atoms. The van der Waals surface area contributed by atoms with Gasteiger partial charge in [-0.05, 0) is 37.5 Å². The van der Waals surface area contributed by atoms with Gasteiger partial charge in [-0.25, -0.2) is 9.59 Å². The van der Waals surface area contributed by atoms with Gasteiger partial charge in [0, 0.05) is 13.1 Å². The van der Waals surface area contributed by atoms with Gasteiger partial charge in [0.1, 0.15) is 6.04 Å². The molecule has 2 amide bonds. The zero-order chi connectivity index (χ0) is 17.1. The van der Waals surface area contributed by atoms with Gasteiger partial charge in [-0.1, -0.05) is 17.3 Å². The van der Waals surface area contributed by atoms with Crippen molar-refractivity contribution < 1.29 is 19.2 Å². The summed E-state index contributed by atoms with van der Waals surface area (Å²) in [5.41, 5.74) is 1.05. The number of carbonyl (C=O) groups is 2. The smallest absolute Gasteiger partial charge is 0.335 e. The number of hydrogen-bond donors (Lipinski definition) is 2. The first-order chi connectivity index (χ1) is 11.5. The first-order valence-electron chi connectivity index (χ1n) is 7.71. The van der Waals surface area contributed by atoms with Gasteiger partial charge >= 0.3 is 12.0 Å². The van der Waals surface area contributed by atoms with Gasteiger partial charge < -0.3 is 19.8 Å². The molecule has 1 fully saturated rings. The van der Waals surface area contributed by atoms with Gasteiger partial charge in [0.2, 0.25) is 5.89 Å². The first-order valence-corrected chi connectivity index (χ1v) is 7.71. The van der Waals surface area contributed by atoms with Gasteiger partial charge in [-0.2, -0.15) is 4.98 Å². The molecule has 8 heteroatoms. The fourth-order valence-corrected chi connectivity index (χ4v) is 2.76. The average Bonchev–Trinajstić information content (AvgIpc) is 3.21. The number of amides is 2. The van der Waals surface area contributed by atoms with Crippen molar-refractivity contribution in [1.29, 1.82) is 0 Å². The van der Waals surface area contributed by atoms with Crippen molar-refractivity contribution in [2.24, 2.45) is 0 Å². The van der Waals surface area contributed by atoms with Crippen molar-refractivity contribution in [2.75, 3.05) is 6.54 Å². The number of aromatic carboxylic acids is 1. The van der Waals surface area contributed by atoms with Crippen LogP contribution in [-0.4, -0.2) is 38.7 Å². The summed E-state index contributed by atoms with van der Waals surface area (Å²) in [6.45, 7) is 2.70. The molecule has 2 aromatic rings. The molecule has 1 aliphatic heterocycles. The Kier molecular flexibility index (Phi) is 4.45. The number of aryl methyl sites for hydroxylation is 1. The Morgan fingerprint density at radius 2 is 2.12 bits per heavy atom. The zero-order valence-corrected chi connectivity index (χ0v) is 13.2. The second-order valence-electron chi connectivity index (χ2n) is 5.69. The lowest BCUT2D eigenvalue weighted by molar-refractivity contribution is 0.0697. The highest BCUT2D eigenvalue weighted by Crippen LogP contribution is 2.30. The molecule has 2 heterocycles. The van der Waals surface area contributed by atoms with Crippen LogP contribution in [0.3, 0.4) is 0 Å². The topological polar surface area (TPSA) is 109 Å². The van der Waals surface area contributed by atoms with Gasteiger partial charge in [-0.3, -0.25) is 0 Å². The maximum atomic E-state index is 12.4. The molecule has 1 atom stereocenters. The van der Waals surface area contributed by atoms with E-state index in [2.05, 4.69) is 15.5 Å². The second-order valence-corrected chi connectivity index (χ2v) is 5.69. The molecule has 126 valence electrons. The fraction of sp³-hybridized carbons (Fsp3) is 0.375. The fourth-order valence-electron chi connectivity index (χ4n) is 2.76. The van der Waals surface area contributed by atoms with Crippen molar-refractivity contribution in [3.05, 3.63) is 47.1 Å². The van der Waals surface area contributed by atoms with Crippen molar-refractivity contribution in [3.63, 3.8) is 0 Å². The van der Waals surface area contributed by atoms with Crippen molar-refractivity contribution >= 4 is 12.0 Å². The number of carbonyl (C=O) groups excluding carboxylic acids is 1. The number of hydrogen-bond acceptors (Lipinski definition) is 5. The van der Waals surface area contributed by atoms with Gasteiger partial charge in [0.25, 0.3) is 0 Å². The summed E-state index contributed by atoms with van der Waals surface area (Å²) in [6.07, 6.45) is 1.68. The Labute approximate surface area is 138 Å². The van der Waals surface area contributed by atoms with Gasteiger partial charge in [0.05, 0.1) is 5.56 Å². The van der Waals surface area contributed by atoms with Crippen LogP contribution in [0.25, 0.3) is 0 Å². The zero-order valence-electron chi connectivity index (χ0n) is 13.2. The monoisotopic (exact) mass is 330 g/mol. The largest absolute Gasteiger partial charge is 0.478 e. The van der Waals surface area contributed by atoms with Crippen LogP contribution >= 0.6 is 0 Å². The van der Waals surface area contributed by atoms with E-state index in [4.69, 9.17) is 9.63 Å². The van der Waals surface area contributed by atoms with Crippen LogP contribution in [0.5, 0.6) is 0 Å². The van der Waals surface area contributed by atoms with E-state index in [0.717, 1.165) is 18.4 Å². The number of carboxylic acids is 1. The van der Waals surface area contributed by atoms with E-state index >= 15 is 0 Å². The number of urea groups is 1. The molecular formula is C16H18N4O4. The summed E-state index contributed by atoms with van der Waals surface area (Å²) in [5, 5.41) is 15.5. The molecule has 1 aliphatic rings. The molecule has 24 heavy (non-hydrogen) atoms. The van der Waals surface area contributed by atoms with E-state index in [0.29, 0.717) is 24.8 Å². The minimum absolute atomic E-state index is 0.194. The van der Waals surface area contributed by atoms with Crippen LogP contribution in [-0.2, 0) is 6.54 Å². The molecule has 0 saturated carbocycles. The van der Waals surface area contributed by atoms with E-state index in [1.54, 1.807) is 24.0 Å². The molecule has 2 N–H and O–H groups in total. The molecule has 0 radical (unpaired) electrons. The number of rotatable bonds is 4. The minimum atomic E-state index is -0.972. The average molecular weight is 330 g/mol. The molecule has 1 aromatic heterocycles. The van der Waals surface area contributed by atoms with E-state index in [1.807, 2.05) is 0 Å². The van der Waals surface area contributed by atoms with E-state index in [9.17, 15) is 9.59 Å². The number of benzene rings is 1. The first kappa shape index (κ1) is 16.0. The summed E-state index contributed by atoms with van der Waals surface area (Å²) in [6, 6.07) is 6.02. The maximum Gasteiger partial charge on any atom is 0.335 e. The summed E-state index contributed by atoms with van der Waals surface area (Å²) in [4.78, 5) is 29.2. The minimum Gasteiger partial charge on any atom is -0.478 e. The molecule has 1 aromatic carbocycles. The van der Waals surface area contributed by atoms with Crippen molar-refractivity contribution in [1.82, 2.24) is 20.4 Å². The summed E-state index contributed by atoms with van der Waals surface area (Å²) in [5.74, 6) is 0.0436. The Hall–Kier alpha value is -2.90. The predicted octanol–water partition coefficient (Wildman–Crippen LogP) is 2.12. The molecule has 1 saturated heterocycles. The van der Waals surface area contributed by atoms with Crippen molar-refractivity contribution in [3.8, 4) is 0 Å². The Balaban J connectivity index is 1.60. The van der Waals surface area contributed by atoms with E-state index < -0.39 is 5.97 Å². The standard InChI is InChI=1S/C16H18N4O4/c1-10-18-14(24-19-10)13-3-2-8-20(13)16(23)17-9-11-4-6-12(7-5-11)15(21)22/h4-7,13H,2-3,8-9H2,1H3,(H,17,23)(H,21,22). The van der Waals surface area contributed by atoms with Crippen LogP contribution < -0.4 is 5.32 Å². The lowest BCUT2D eigenvalue weighted by Gasteiger charge is -2.22. The summed E-state index contributed by atoms with van der Waals surface area (Å²) < 4.78 is 5.19. The quantitative estimate of drug-likeness (QED) is 0.889. The molecule has 3 rings (SSSR count). The van der Waals surface area contributed by atoms with Crippen LogP contribution in [0.15, 0.2) is 28.8 Å². The highest BCUT2D eigenvalue weighted by Gasteiger charge is 2.33. The normalized spacial score (nSPS) is 17.0. The SMILES string of the molecule is Cc1noc(C2CCCN2C(=O)NCc2ccc(C(=O)O)cc2)n1. The van der Waals surface area contributed by atoms with E-state index in [1.165, 1.54) is 12.1 Å². The van der Waals surface area contributed by atoms with Crippen LogP contribution in [0.4, 0.5) is 4.79 Å². The Morgan fingerprint density at radius 3 is 2.75 bits per heavy atom. The highest BCUT2D eigenvalue weighted by molar-refractivity contribution is 5.87. The van der Waals surface area contributed by atoms with Crippen LogP contribution in [0.2, 0.25) is 0 Å². The molecular weight excluding hydrogens is 312 g/mol. The molecule has 1 unspecified atom stereocenters. The maximum absolute atomic E-state index is 12.4. The predicted molar refractivity (Wildman–Crippen MR) is 83.4 cm³/mol. The second kappa shape index (κ2) is 6.69. The Morgan fingerprint density at radius 1 is 1.38 bits per heavy atom. The molecule has 0 aliphatic carbocycles. The van der Waals surface area contributed by atoms with Gasteiger partial charge in [0.15, 0.2) is 5.82 Å².